The second-order valence-corrected chi connectivity index (χ2v) is 5.73. The van der Waals surface area contributed by atoms with E-state index in [1.807, 2.05) is 6.07 Å². The van der Waals surface area contributed by atoms with Crippen LogP contribution < -0.4 is 5.32 Å². The highest BCUT2D eigenvalue weighted by atomic mass is 32.2. The lowest BCUT2D eigenvalue weighted by molar-refractivity contribution is 0.602. The summed E-state index contributed by atoms with van der Waals surface area (Å²) in [6.45, 7) is 0. The van der Waals surface area contributed by atoms with Gasteiger partial charge in [-0.05, 0) is 17.7 Å². The summed E-state index contributed by atoms with van der Waals surface area (Å²) < 4.78 is 22.6. The van der Waals surface area contributed by atoms with Crippen LogP contribution in [0.5, 0.6) is 0 Å². The van der Waals surface area contributed by atoms with E-state index in [1.54, 1.807) is 31.3 Å². The van der Waals surface area contributed by atoms with E-state index in [-0.39, 0.29) is 0 Å². The van der Waals surface area contributed by atoms with Crippen molar-refractivity contribution in [2.24, 2.45) is 0 Å². The van der Waals surface area contributed by atoms with Gasteiger partial charge in [-0.1, -0.05) is 12.1 Å². The highest BCUT2D eigenvalue weighted by Gasteiger charge is 2.07. The smallest absolute Gasteiger partial charge is 0.175 e. The summed E-state index contributed by atoms with van der Waals surface area (Å²) in [5.41, 5.74) is 1.74. The molecule has 2 N–H and O–H groups in total. The second kappa shape index (κ2) is 4.21. The van der Waals surface area contributed by atoms with Crippen molar-refractivity contribution >= 4 is 15.7 Å². The van der Waals surface area contributed by atoms with Crippen LogP contribution in [0.3, 0.4) is 0 Å². The van der Waals surface area contributed by atoms with Crippen molar-refractivity contribution in [3.05, 3.63) is 30.3 Å². The van der Waals surface area contributed by atoms with Gasteiger partial charge in [0.25, 0.3) is 0 Å². The third-order valence-electron chi connectivity index (χ3n) is 2.43. The van der Waals surface area contributed by atoms with Crippen molar-refractivity contribution in [1.29, 1.82) is 0 Å². The minimum absolute atomic E-state index is 0.314. The SMILES string of the molecule is CNc1cc(-c2ccc(S(C)(=O)=O)cc2)[nH]n1. The summed E-state index contributed by atoms with van der Waals surface area (Å²) in [4.78, 5) is 0.314. The number of benzene rings is 1. The van der Waals surface area contributed by atoms with Gasteiger partial charge in [-0.15, -0.1) is 0 Å². The van der Waals surface area contributed by atoms with Crippen LogP contribution in [0, 0.1) is 0 Å². The van der Waals surface area contributed by atoms with Crippen LogP contribution in [-0.2, 0) is 9.84 Å². The molecule has 0 saturated heterocycles. The number of H-pyrrole nitrogens is 1. The van der Waals surface area contributed by atoms with Crippen molar-refractivity contribution in [3.63, 3.8) is 0 Å². The molecule has 0 saturated carbocycles. The van der Waals surface area contributed by atoms with Crippen LogP contribution in [0.4, 0.5) is 5.82 Å². The number of hydrogen-bond acceptors (Lipinski definition) is 4. The van der Waals surface area contributed by atoms with E-state index in [0.717, 1.165) is 17.1 Å². The Morgan fingerprint density at radius 1 is 1.24 bits per heavy atom. The van der Waals surface area contributed by atoms with E-state index in [1.165, 1.54) is 6.26 Å². The topological polar surface area (TPSA) is 74.8 Å². The predicted molar refractivity (Wildman–Crippen MR) is 66.7 cm³/mol. The van der Waals surface area contributed by atoms with Crippen molar-refractivity contribution in [3.8, 4) is 11.3 Å². The fraction of sp³-hybridized carbons (Fsp3) is 0.182. The number of rotatable bonds is 3. The second-order valence-electron chi connectivity index (χ2n) is 3.71. The molecule has 0 spiro atoms. The number of sulfone groups is 1. The lowest BCUT2D eigenvalue weighted by atomic mass is 10.1. The molecule has 2 aromatic rings. The number of anilines is 1. The first-order chi connectivity index (χ1) is 8.00. The zero-order chi connectivity index (χ0) is 12.5. The molecule has 1 heterocycles. The number of aromatic nitrogens is 2. The fourth-order valence-electron chi connectivity index (χ4n) is 1.48. The Labute approximate surface area is 99.8 Å². The van der Waals surface area contributed by atoms with Gasteiger partial charge in [0.1, 0.15) is 5.82 Å². The van der Waals surface area contributed by atoms with E-state index in [4.69, 9.17) is 0 Å². The monoisotopic (exact) mass is 251 g/mol. The largest absolute Gasteiger partial charge is 0.372 e. The minimum atomic E-state index is -3.14. The van der Waals surface area contributed by atoms with Crippen LogP contribution in [0.15, 0.2) is 35.2 Å². The number of nitrogens with zero attached hydrogens (tertiary/aromatic N) is 1. The minimum Gasteiger partial charge on any atom is -0.372 e. The summed E-state index contributed by atoms with van der Waals surface area (Å²) >= 11 is 0. The molecule has 1 aromatic heterocycles. The van der Waals surface area contributed by atoms with Crippen LogP contribution in [0.2, 0.25) is 0 Å². The molecule has 0 radical (unpaired) electrons. The van der Waals surface area contributed by atoms with Gasteiger partial charge in [-0.2, -0.15) is 5.10 Å². The zero-order valence-corrected chi connectivity index (χ0v) is 10.4. The van der Waals surface area contributed by atoms with Crippen LogP contribution >= 0.6 is 0 Å². The van der Waals surface area contributed by atoms with Crippen LogP contribution in [0.1, 0.15) is 0 Å². The fourth-order valence-corrected chi connectivity index (χ4v) is 2.11. The van der Waals surface area contributed by atoms with Gasteiger partial charge in [0.2, 0.25) is 0 Å². The van der Waals surface area contributed by atoms with Gasteiger partial charge in [0, 0.05) is 19.4 Å². The summed E-state index contributed by atoms with van der Waals surface area (Å²) in [6, 6.07) is 8.54. The maximum absolute atomic E-state index is 11.3. The molecule has 17 heavy (non-hydrogen) atoms. The Hall–Kier alpha value is -1.82. The van der Waals surface area contributed by atoms with E-state index >= 15 is 0 Å². The summed E-state index contributed by atoms with van der Waals surface area (Å²) in [5.74, 6) is 0.743. The van der Waals surface area contributed by atoms with E-state index in [9.17, 15) is 8.42 Å². The lowest BCUT2D eigenvalue weighted by Crippen LogP contribution is -1.96. The summed E-state index contributed by atoms with van der Waals surface area (Å²) in [5, 5.41) is 9.81. The molecule has 0 aliphatic carbocycles. The van der Waals surface area contributed by atoms with Crippen LogP contribution in [0.25, 0.3) is 11.3 Å². The first-order valence-electron chi connectivity index (χ1n) is 5.04. The standard InChI is InChI=1S/C11H13N3O2S/c1-12-11-7-10(13-14-11)8-3-5-9(6-4-8)17(2,15)16/h3-7H,1-2H3,(H2,12,13,14). The molecule has 0 bridgehead atoms. The quantitative estimate of drug-likeness (QED) is 0.867. The summed E-state index contributed by atoms with van der Waals surface area (Å²) in [6.07, 6.45) is 1.19. The third kappa shape index (κ3) is 2.47. The average Bonchev–Trinajstić information content (AvgIpc) is 2.76. The maximum atomic E-state index is 11.3. The molecule has 2 rings (SSSR count). The third-order valence-corrected chi connectivity index (χ3v) is 3.56. The van der Waals surface area contributed by atoms with Gasteiger partial charge in [0.05, 0.1) is 10.6 Å². The van der Waals surface area contributed by atoms with Gasteiger partial charge in [-0.25, -0.2) is 8.42 Å². The van der Waals surface area contributed by atoms with Crippen molar-refractivity contribution in [2.45, 2.75) is 4.90 Å². The number of aromatic amines is 1. The number of nitrogens with one attached hydrogen (secondary N) is 2. The maximum Gasteiger partial charge on any atom is 0.175 e. The molecule has 0 unspecified atom stereocenters. The highest BCUT2D eigenvalue weighted by molar-refractivity contribution is 7.90. The summed E-state index contributed by atoms with van der Waals surface area (Å²) in [7, 11) is -1.35. The Morgan fingerprint density at radius 3 is 2.35 bits per heavy atom. The predicted octanol–water partition coefficient (Wildman–Crippen LogP) is 1.52. The molecule has 6 heteroatoms. The molecule has 0 fully saturated rings. The highest BCUT2D eigenvalue weighted by Crippen LogP contribution is 2.21. The molecular weight excluding hydrogens is 238 g/mol. The van der Waals surface area contributed by atoms with E-state index in [2.05, 4.69) is 15.5 Å². The molecule has 5 nitrogen and oxygen atoms in total. The first-order valence-corrected chi connectivity index (χ1v) is 6.93. The Balaban J connectivity index is 2.35. The number of hydrogen-bond donors (Lipinski definition) is 2. The van der Waals surface area contributed by atoms with Gasteiger partial charge in [-0.3, -0.25) is 5.10 Å². The Morgan fingerprint density at radius 2 is 1.88 bits per heavy atom. The van der Waals surface area contributed by atoms with Gasteiger partial charge in [0.15, 0.2) is 9.84 Å². The molecule has 0 aliphatic heterocycles. The van der Waals surface area contributed by atoms with Crippen molar-refractivity contribution < 1.29 is 8.42 Å². The molecule has 0 aliphatic rings. The molecule has 1 aromatic carbocycles. The average molecular weight is 251 g/mol. The normalized spacial score (nSPS) is 11.4. The van der Waals surface area contributed by atoms with E-state index < -0.39 is 9.84 Å². The molecule has 90 valence electrons. The molecular formula is C11H13N3O2S. The first kappa shape index (κ1) is 11.7. The Bertz CT molecular complexity index is 614. The zero-order valence-electron chi connectivity index (χ0n) is 9.56. The van der Waals surface area contributed by atoms with Crippen molar-refractivity contribution in [2.75, 3.05) is 18.6 Å². The lowest BCUT2D eigenvalue weighted by Gasteiger charge is -2.00. The van der Waals surface area contributed by atoms with Gasteiger partial charge < -0.3 is 5.32 Å². The molecule has 0 amide bonds. The van der Waals surface area contributed by atoms with Gasteiger partial charge >= 0.3 is 0 Å². The van der Waals surface area contributed by atoms with E-state index in [0.29, 0.717) is 4.90 Å². The molecule has 0 atom stereocenters. The van der Waals surface area contributed by atoms with Crippen LogP contribution in [-0.4, -0.2) is 31.9 Å². The van der Waals surface area contributed by atoms with Crippen molar-refractivity contribution in [1.82, 2.24) is 10.2 Å². The Kier molecular flexibility index (Phi) is 2.89.